The Kier molecular flexibility index (Phi) is 3.08. The van der Waals surface area contributed by atoms with Crippen molar-refractivity contribution < 1.29 is 22.3 Å². The van der Waals surface area contributed by atoms with Crippen molar-refractivity contribution in [2.75, 3.05) is 0 Å². The van der Waals surface area contributed by atoms with E-state index in [9.17, 15) is 13.2 Å². The third-order valence-corrected chi connectivity index (χ3v) is 2.96. The average molecular weight is 293 g/mol. The molecule has 3 aromatic rings. The highest BCUT2D eigenvalue weighted by atomic mass is 19.4. The molecule has 1 heterocycles. The second kappa shape index (κ2) is 4.80. The second-order valence-corrected chi connectivity index (χ2v) is 4.51. The number of para-hydroxylation sites is 1. The molecule has 3 nitrogen and oxygen atoms in total. The van der Waals surface area contributed by atoms with Crippen LogP contribution in [-0.2, 0) is 0 Å². The zero-order valence-corrected chi connectivity index (χ0v) is 10.9. The highest BCUT2D eigenvalue weighted by Gasteiger charge is 2.31. The molecule has 108 valence electrons. The summed E-state index contributed by atoms with van der Waals surface area (Å²) < 4.78 is 45.7. The summed E-state index contributed by atoms with van der Waals surface area (Å²) in [6.45, 7) is 1.91. The number of fused-ring (bicyclic) bond motifs is 1. The summed E-state index contributed by atoms with van der Waals surface area (Å²) in [6.07, 6.45) is -4.70. The minimum absolute atomic E-state index is 0.279. The maximum absolute atomic E-state index is 12.1. The topological polar surface area (TPSA) is 35.3 Å². The van der Waals surface area contributed by atoms with Crippen LogP contribution >= 0.6 is 0 Å². The minimum Gasteiger partial charge on any atom is -0.436 e. The fraction of sp³-hybridized carbons (Fsp3) is 0.133. The van der Waals surface area contributed by atoms with E-state index in [4.69, 9.17) is 4.42 Å². The van der Waals surface area contributed by atoms with Crippen LogP contribution in [0.25, 0.3) is 22.6 Å². The minimum atomic E-state index is -4.70. The number of benzene rings is 2. The Morgan fingerprint density at radius 3 is 2.38 bits per heavy atom. The molecule has 0 fully saturated rings. The van der Waals surface area contributed by atoms with Gasteiger partial charge in [0.2, 0.25) is 5.89 Å². The van der Waals surface area contributed by atoms with E-state index < -0.39 is 6.36 Å². The molecule has 3 rings (SSSR count). The van der Waals surface area contributed by atoms with Gasteiger partial charge in [-0.1, -0.05) is 12.1 Å². The maximum Gasteiger partial charge on any atom is 0.573 e. The summed E-state index contributed by atoms with van der Waals surface area (Å²) >= 11 is 0. The summed E-state index contributed by atoms with van der Waals surface area (Å²) in [5, 5.41) is 0. The van der Waals surface area contributed by atoms with Crippen LogP contribution in [0, 0.1) is 6.92 Å². The highest BCUT2D eigenvalue weighted by Crippen LogP contribution is 2.29. The molecule has 0 amide bonds. The lowest BCUT2D eigenvalue weighted by Gasteiger charge is -2.08. The van der Waals surface area contributed by atoms with Crippen LogP contribution in [0.5, 0.6) is 5.75 Å². The van der Waals surface area contributed by atoms with Gasteiger partial charge in [-0.15, -0.1) is 13.2 Å². The van der Waals surface area contributed by atoms with Crippen molar-refractivity contribution in [2.24, 2.45) is 0 Å². The summed E-state index contributed by atoms with van der Waals surface area (Å²) in [4.78, 5) is 4.36. The van der Waals surface area contributed by atoms with Crippen molar-refractivity contribution >= 4 is 11.1 Å². The first kappa shape index (κ1) is 13.5. The Balaban J connectivity index is 1.94. The quantitative estimate of drug-likeness (QED) is 0.687. The van der Waals surface area contributed by atoms with Crippen molar-refractivity contribution in [3.63, 3.8) is 0 Å². The van der Waals surface area contributed by atoms with Crippen LogP contribution in [0.3, 0.4) is 0 Å². The van der Waals surface area contributed by atoms with Gasteiger partial charge in [-0.05, 0) is 42.8 Å². The molecule has 1 aromatic heterocycles. The predicted octanol–water partition coefficient (Wildman–Crippen LogP) is 4.70. The van der Waals surface area contributed by atoms with Gasteiger partial charge in [-0.2, -0.15) is 0 Å². The highest BCUT2D eigenvalue weighted by molar-refractivity contribution is 5.79. The van der Waals surface area contributed by atoms with Crippen molar-refractivity contribution in [3.8, 4) is 17.2 Å². The lowest BCUT2D eigenvalue weighted by atomic mass is 10.2. The van der Waals surface area contributed by atoms with Gasteiger partial charge in [0, 0.05) is 5.56 Å². The van der Waals surface area contributed by atoms with Crippen LogP contribution in [0.4, 0.5) is 13.2 Å². The zero-order valence-electron chi connectivity index (χ0n) is 10.9. The normalized spacial score (nSPS) is 11.8. The van der Waals surface area contributed by atoms with Crippen LogP contribution < -0.4 is 4.74 Å². The molecule has 0 aliphatic heterocycles. The Labute approximate surface area is 118 Å². The number of aryl methyl sites for hydroxylation is 1. The number of ether oxygens (including phenoxy) is 1. The molecule has 0 bridgehead atoms. The van der Waals surface area contributed by atoms with Gasteiger partial charge in [0.1, 0.15) is 11.3 Å². The maximum atomic E-state index is 12.1. The van der Waals surface area contributed by atoms with Gasteiger partial charge in [0.05, 0.1) is 0 Å². The molecule has 0 saturated heterocycles. The molecule has 0 aliphatic rings. The van der Waals surface area contributed by atoms with Crippen LogP contribution in [-0.4, -0.2) is 11.3 Å². The van der Waals surface area contributed by atoms with Gasteiger partial charge in [-0.3, -0.25) is 0 Å². The van der Waals surface area contributed by atoms with Crippen LogP contribution in [0.1, 0.15) is 5.56 Å². The molecule has 0 atom stereocenters. The van der Waals surface area contributed by atoms with Crippen LogP contribution in [0.2, 0.25) is 0 Å². The second-order valence-electron chi connectivity index (χ2n) is 4.51. The molecule has 0 N–H and O–H groups in total. The molecular formula is C15H10F3NO2. The molecular weight excluding hydrogens is 283 g/mol. The Hall–Kier alpha value is -2.50. The number of rotatable bonds is 2. The number of halogens is 3. The van der Waals surface area contributed by atoms with Gasteiger partial charge >= 0.3 is 6.36 Å². The zero-order chi connectivity index (χ0) is 15.0. The van der Waals surface area contributed by atoms with E-state index in [-0.39, 0.29) is 5.75 Å². The SMILES string of the molecule is Cc1cccc2oc(-c3ccc(OC(F)(F)F)cc3)nc12. The lowest BCUT2D eigenvalue weighted by molar-refractivity contribution is -0.274. The van der Waals surface area contributed by atoms with Gasteiger partial charge in [0.25, 0.3) is 0 Å². The first-order valence-corrected chi connectivity index (χ1v) is 6.15. The molecule has 0 unspecified atom stereocenters. The van der Waals surface area contributed by atoms with Gasteiger partial charge < -0.3 is 9.15 Å². The van der Waals surface area contributed by atoms with E-state index in [1.54, 1.807) is 6.07 Å². The summed E-state index contributed by atoms with van der Waals surface area (Å²) in [5.74, 6) is 0.0800. The first-order valence-electron chi connectivity index (χ1n) is 6.15. The number of alkyl halides is 3. The smallest absolute Gasteiger partial charge is 0.436 e. The van der Waals surface area contributed by atoms with Crippen LogP contribution in [0.15, 0.2) is 46.9 Å². The van der Waals surface area contributed by atoms with E-state index in [0.717, 1.165) is 11.1 Å². The van der Waals surface area contributed by atoms with Crippen molar-refractivity contribution in [2.45, 2.75) is 13.3 Å². The van der Waals surface area contributed by atoms with Gasteiger partial charge in [0.15, 0.2) is 5.58 Å². The monoisotopic (exact) mass is 293 g/mol. The van der Waals surface area contributed by atoms with Crippen molar-refractivity contribution in [1.29, 1.82) is 0 Å². The van der Waals surface area contributed by atoms with Crippen molar-refractivity contribution in [1.82, 2.24) is 4.98 Å². The number of hydrogen-bond donors (Lipinski definition) is 0. The third-order valence-electron chi connectivity index (χ3n) is 2.96. The lowest BCUT2D eigenvalue weighted by Crippen LogP contribution is -2.16. The van der Waals surface area contributed by atoms with Crippen molar-refractivity contribution in [3.05, 3.63) is 48.0 Å². The number of aromatic nitrogens is 1. The molecule has 2 aromatic carbocycles. The largest absolute Gasteiger partial charge is 0.573 e. The van der Waals surface area contributed by atoms with E-state index >= 15 is 0 Å². The third kappa shape index (κ3) is 2.84. The molecule has 0 radical (unpaired) electrons. The van der Waals surface area contributed by atoms with E-state index in [0.29, 0.717) is 17.0 Å². The van der Waals surface area contributed by atoms with E-state index in [1.165, 1.54) is 24.3 Å². The Bertz CT molecular complexity index is 776. The fourth-order valence-electron chi connectivity index (χ4n) is 2.01. The fourth-order valence-corrected chi connectivity index (χ4v) is 2.01. The van der Waals surface area contributed by atoms with Gasteiger partial charge in [-0.25, -0.2) is 4.98 Å². The molecule has 0 saturated carbocycles. The summed E-state index contributed by atoms with van der Waals surface area (Å²) in [6, 6.07) is 11.0. The Morgan fingerprint density at radius 1 is 1.05 bits per heavy atom. The number of oxazole rings is 1. The number of hydrogen-bond acceptors (Lipinski definition) is 3. The molecule has 6 heteroatoms. The summed E-state index contributed by atoms with van der Waals surface area (Å²) in [5.41, 5.74) is 2.93. The Morgan fingerprint density at radius 2 is 1.76 bits per heavy atom. The predicted molar refractivity (Wildman–Crippen MR) is 70.9 cm³/mol. The summed E-state index contributed by atoms with van der Waals surface area (Å²) in [7, 11) is 0. The van der Waals surface area contributed by atoms with E-state index in [2.05, 4.69) is 9.72 Å². The molecule has 0 spiro atoms. The first-order chi connectivity index (χ1) is 9.92. The average Bonchev–Trinajstić information content (AvgIpc) is 2.83. The standard InChI is InChI=1S/C15H10F3NO2/c1-9-3-2-4-12-13(9)19-14(20-12)10-5-7-11(8-6-10)21-15(16,17)18/h2-8H,1H3. The molecule has 21 heavy (non-hydrogen) atoms. The molecule has 0 aliphatic carbocycles. The number of nitrogens with zero attached hydrogens (tertiary/aromatic N) is 1. The van der Waals surface area contributed by atoms with E-state index in [1.807, 2.05) is 19.1 Å².